The number of anilines is 1. The fourth-order valence-electron chi connectivity index (χ4n) is 2.95. The van der Waals surface area contributed by atoms with E-state index in [1.807, 2.05) is 6.07 Å². The van der Waals surface area contributed by atoms with Crippen LogP contribution in [-0.2, 0) is 11.2 Å². The van der Waals surface area contributed by atoms with E-state index in [4.69, 9.17) is 5.73 Å². The zero-order valence-corrected chi connectivity index (χ0v) is 13.2. The maximum absolute atomic E-state index is 11.4. The number of benzene rings is 1. The van der Waals surface area contributed by atoms with E-state index in [0.29, 0.717) is 6.42 Å². The van der Waals surface area contributed by atoms with Crippen molar-refractivity contribution in [3.05, 3.63) is 29.3 Å². The lowest BCUT2D eigenvalue weighted by molar-refractivity contribution is -0.116. The number of hydrogen-bond donors (Lipinski definition) is 2. The van der Waals surface area contributed by atoms with Gasteiger partial charge in [-0.25, -0.2) is 0 Å². The van der Waals surface area contributed by atoms with Crippen molar-refractivity contribution < 1.29 is 4.79 Å². The van der Waals surface area contributed by atoms with E-state index in [1.165, 1.54) is 49.7 Å². The SMILES string of the molecule is CCCCCCCCC(N)c1ccc2c(c1)CCC(=O)N2. The molecule has 1 atom stereocenters. The van der Waals surface area contributed by atoms with Crippen molar-refractivity contribution >= 4 is 11.6 Å². The van der Waals surface area contributed by atoms with Crippen LogP contribution >= 0.6 is 0 Å². The number of carbonyl (C=O) groups excluding carboxylic acids is 1. The first-order valence-electron chi connectivity index (χ1n) is 8.39. The highest BCUT2D eigenvalue weighted by Gasteiger charge is 2.16. The van der Waals surface area contributed by atoms with Gasteiger partial charge in [-0.15, -0.1) is 0 Å². The number of nitrogens with two attached hydrogens (primary N) is 1. The Morgan fingerprint density at radius 3 is 2.71 bits per heavy atom. The Hall–Kier alpha value is -1.35. The maximum Gasteiger partial charge on any atom is 0.224 e. The van der Waals surface area contributed by atoms with E-state index in [-0.39, 0.29) is 11.9 Å². The number of aryl methyl sites for hydroxylation is 1. The van der Waals surface area contributed by atoms with Gasteiger partial charge >= 0.3 is 0 Å². The Morgan fingerprint density at radius 1 is 1.14 bits per heavy atom. The largest absolute Gasteiger partial charge is 0.326 e. The minimum atomic E-state index is 0.117. The van der Waals surface area contributed by atoms with Crippen LogP contribution in [0.15, 0.2) is 18.2 Å². The summed E-state index contributed by atoms with van der Waals surface area (Å²) in [5.74, 6) is 0.117. The average Bonchev–Trinajstić information content (AvgIpc) is 2.50. The number of hydrogen-bond acceptors (Lipinski definition) is 2. The van der Waals surface area contributed by atoms with Crippen molar-refractivity contribution in [3.8, 4) is 0 Å². The number of rotatable bonds is 8. The summed E-state index contributed by atoms with van der Waals surface area (Å²) in [6.45, 7) is 2.24. The molecule has 3 nitrogen and oxygen atoms in total. The van der Waals surface area contributed by atoms with Crippen LogP contribution in [0.1, 0.15) is 75.5 Å². The number of fused-ring (bicyclic) bond motifs is 1. The topological polar surface area (TPSA) is 55.1 Å². The van der Waals surface area contributed by atoms with Crippen molar-refractivity contribution in [3.63, 3.8) is 0 Å². The summed E-state index contributed by atoms with van der Waals surface area (Å²) in [6, 6.07) is 6.37. The molecule has 1 amide bonds. The molecule has 0 saturated heterocycles. The quantitative estimate of drug-likeness (QED) is 0.700. The third-order valence-corrected chi connectivity index (χ3v) is 4.32. The molecule has 0 saturated carbocycles. The van der Waals surface area contributed by atoms with Crippen molar-refractivity contribution in [2.75, 3.05) is 5.32 Å². The Labute approximate surface area is 128 Å². The molecule has 0 aliphatic carbocycles. The Morgan fingerprint density at radius 2 is 1.90 bits per heavy atom. The van der Waals surface area contributed by atoms with Gasteiger partial charge in [0.1, 0.15) is 0 Å². The monoisotopic (exact) mass is 288 g/mol. The lowest BCUT2D eigenvalue weighted by atomic mass is 9.95. The molecule has 0 fully saturated rings. The number of nitrogens with one attached hydrogen (secondary N) is 1. The molecule has 1 unspecified atom stereocenters. The second kappa shape index (κ2) is 8.18. The first-order valence-corrected chi connectivity index (χ1v) is 8.39. The summed E-state index contributed by atoms with van der Waals surface area (Å²) in [7, 11) is 0. The summed E-state index contributed by atoms with van der Waals surface area (Å²) < 4.78 is 0. The normalized spacial score (nSPS) is 15.4. The van der Waals surface area contributed by atoms with Gasteiger partial charge in [-0.1, -0.05) is 57.6 Å². The molecular formula is C18H28N2O. The molecule has 1 heterocycles. The van der Waals surface area contributed by atoms with Gasteiger partial charge in [0.25, 0.3) is 0 Å². The Balaban J connectivity index is 1.80. The molecule has 3 N–H and O–H groups in total. The molecule has 116 valence electrons. The van der Waals surface area contributed by atoms with Gasteiger partial charge in [-0.3, -0.25) is 4.79 Å². The van der Waals surface area contributed by atoms with E-state index in [1.54, 1.807) is 0 Å². The molecule has 1 aliphatic rings. The molecule has 0 bridgehead atoms. The molecule has 2 rings (SSSR count). The third kappa shape index (κ3) is 4.85. The van der Waals surface area contributed by atoms with Crippen LogP contribution in [0.2, 0.25) is 0 Å². The van der Waals surface area contributed by atoms with Crippen molar-refractivity contribution in [2.45, 2.75) is 70.8 Å². The highest BCUT2D eigenvalue weighted by atomic mass is 16.1. The van der Waals surface area contributed by atoms with Crippen LogP contribution in [0.3, 0.4) is 0 Å². The zero-order chi connectivity index (χ0) is 15.1. The Kier molecular flexibility index (Phi) is 6.24. The van der Waals surface area contributed by atoms with E-state index in [0.717, 1.165) is 18.5 Å². The zero-order valence-electron chi connectivity index (χ0n) is 13.2. The first kappa shape index (κ1) is 16.0. The van der Waals surface area contributed by atoms with Crippen LogP contribution in [0.25, 0.3) is 0 Å². The number of amides is 1. The molecule has 21 heavy (non-hydrogen) atoms. The van der Waals surface area contributed by atoms with Crippen LogP contribution < -0.4 is 11.1 Å². The second-order valence-corrected chi connectivity index (χ2v) is 6.13. The smallest absolute Gasteiger partial charge is 0.224 e. The molecule has 1 aromatic rings. The molecule has 1 aromatic carbocycles. The third-order valence-electron chi connectivity index (χ3n) is 4.32. The number of unbranched alkanes of at least 4 members (excludes halogenated alkanes) is 5. The Bertz CT molecular complexity index is 470. The van der Waals surface area contributed by atoms with Gasteiger partial charge in [0.15, 0.2) is 0 Å². The van der Waals surface area contributed by atoms with Crippen molar-refractivity contribution in [2.24, 2.45) is 5.73 Å². The van der Waals surface area contributed by atoms with Crippen LogP contribution in [0.4, 0.5) is 5.69 Å². The van der Waals surface area contributed by atoms with Crippen LogP contribution in [-0.4, -0.2) is 5.91 Å². The maximum atomic E-state index is 11.4. The molecule has 3 heteroatoms. The van der Waals surface area contributed by atoms with Gasteiger partial charge in [0, 0.05) is 18.2 Å². The fourth-order valence-corrected chi connectivity index (χ4v) is 2.95. The molecule has 1 aliphatic heterocycles. The minimum Gasteiger partial charge on any atom is -0.326 e. The second-order valence-electron chi connectivity index (χ2n) is 6.13. The van der Waals surface area contributed by atoms with E-state index >= 15 is 0 Å². The summed E-state index contributed by atoms with van der Waals surface area (Å²) in [6.07, 6.45) is 10.3. The predicted octanol–water partition coefficient (Wildman–Crippen LogP) is 4.32. The van der Waals surface area contributed by atoms with Crippen LogP contribution in [0.5, 0.6) is 0 Å². The van der Waals surface area contributed by atoms with Gasteiger partial charge < -0.3 is 11.1 Å². The van der Waals surface area contributed by atoms with E-state index in [2.05, 4.69) is 24.4 Å². The fraction of sp³-hybridized carbons (Fsp3) is 0.611. The summed E-state index contributed by atoms with van der Waals surface area (Å²) in [5.41, 5.74) is 9.70. The molecular weight excluding hydrogens is 260 g/mol. The molecule has 0 aromatic heterocycles. The summed E-state index contributed by atoms with van der Waals surface area (Å²) >= 11 is 0. The number of carbonyl (C=O) groups is 1. The lowest BCUT2D eigenvalue weighted by Gasteiger charge is -2.19. The van der Waals surface area contributed by atoms with Crippen LogP contribution in [0, 0.1) is 0 Å². The first-order chi connectivity index (χ1) is 10.2. The summed E-state index contributed by atoms with van der Waals surface area (Å²) in [5, 5.41) is 2.92. The van der Waals surface area contributed by atoms with Crippen molar-refractivity contribution in [1.29, 1.82) is 0 Å². The predicted molar refractivity (Wildman–Crippen MR) is 88.3 cm³/mol. The van der Waals surface area contributed by atoms with Gasteiger partial charge in [-0.05, 0) is 30.0 Å². The highest BCUT2D eigenvalue weighted by molar-refractivity contribution is 5.93. The average molecular weight is 288 g/mol. The van der Waals surface area contributed by atoms with Crippen molar-refractivity contribution in [1.82, 2.24) is 0 Å². The molecule has 0 radical (unpaired) electrons. The van der Waals surface area contributed by atoms with E-state index in [9.17, 15) is 4.79 Å². The van der Waals surface area contributed by atoms with Gasteiger partial charge in [-0.2, -0.15) is 0 Å². The van der Waals surface area contributed by atoms with E-state index < -0.39 is 0 Å². The standard InChI is InChI=1S/C18H28N2O/c1-2-3-4-5-6-7-8-16(19)14-9-11-17-15(13-14)10-12-18(21)20-17/h9,11,13,16H,2-8,10,12,19H2,1H3,(H,20,21). The molecule has 0 spiro atoms. The van der Waals surface area contributed by atoms with Gasteiger partial charge in [0.05, 0.1) is 0 Å². The highest BCUT2D eigenvalue weighted by Crippen LogP contribution is 2.27. The lowest BCUT2D eigenvalue weighted by Crippen LogP contribution is -2.19. The minimum absolute atomic E-state index is 0.117. The summed E-state index contributed by atoms with van der Waals surface area (Å²) in [4.78, 5) is 11.4. The van der Waals surface area contributed by atoms with Gasteiger partial charge in [0.2, 0.25) is 5.91 Å².